The van der Waals surface area contributed by atoms with E-state index in [0.717, 1.165) is 0 Å². The molecular formula is C54H41NS2. The Morgan fingerprint density at radius 2 is 0.684 bits per heavy atom. The number of fused-ring (bicyclic) bond motifs is 3. The first-order valence-electron chi connectivity index (χ1n) is 19.2. The van der Waals surface area contributed by atoms with Gasteiger partial charge in [-0.1, -0.05) is 157 Å². The summed E-state index contributed by atoms with van der Waals surface area (Å²) in [5.41, 5.74) is 6.04. The van der Waals surface area contributed by atoms with Crippen LogP contribution in [0.4, 0.5) is 0 Å². The standard InChI is InChI=1S/C42H31NS.C12H10S/c1-6-16-32(17-7-1)33-26-28-41-39(30-33)40-31-38(27-29-42(40)43(41)34-18-8-2-9-19-34)44(35-20-10-3-11-21-35,36-22-12-4-13-23-36)37-24-14-5-15-25-37;1-3-7-11(8-4-1)13-12-9-5-2-6-10-12/h1-31H;1-10H. The van der Waals surface area contributed by atoms with Crippen LogP contribution in [-0.4, -0.2) is 4.57 Å². The van der Waals surface area contributed by atoms with Crippen LogP contribution in [0.15, 0.2) is 278 Å². The molecule has 1 nitrogen and oxygen atoms in total. The molecule has 3 heteroatoms. The highest BCUT2D eigenvalue weighted by molar-refractivity contribution is 8.34. The molecule has 0 aliphatic heterocycles. The van der Waals surface area contributed by atoms with Crippen molar-refractivity contribution < 1.29 is 0 Å². The second-order valence-electron chi connectivity index (χ2n) is 13.7. The minimum Gasteiger partial charge on any atom is -0.309 e. The van der Waals surface area contributed by atoms with E-state index in [9.17, 15) is 0 Å². The SMILES string of the molecule is c1ccc(-c2ccc3c(c2)c2cc(S(c4ccccc4)(c4ccccc4)c4ccccc4)ccc2n3-c2ccccc2)cc1.c1ccc(Sc2ccccc2)cc1. The van der Waals surface area contributed by atoms with Crippen molar-refractivity contribution in [2.45, 2.75) is 29.4 Å². The third kappa shape index (κ3) is 7.32. The Labute approximate surface area is 341 Å². The van der Waals surface area contributed by atoms with Crippen LogP contribution in [0.3, 0.4) is 0 Å². The van der Waals surface area contributed by atoms with Crippen LogP contribution < -0.4 is 0 Å². The van der Waals surface area contributed by atoms with Crippen molar-refractivity contribution in [2.75, 3.05) is 0 Å². The molecule has 10 rings (SSSR count). The van der Waals surface area contributed by atoms with E-state index < -0.39 is 10.0 Å². The van der Waals surface area contributed by atoms with Gasteiger partial charge in [-0.25, -0.2) is 0 Å². The maximum atomic E-state index is 2.48. The molecule has 0 unspecified atom stereocenters. The van der Waals surface area contributed by atoms with E-state index in [1.807, 2.05) is 12.1 Å². The van der Waals surface area contributed by atoms with Crippen LogP contribution in [0.2, 0.25) is 0 Å². The zero-order valence-electron chi connectivity index (χ0n) is 31.4. The lowest BCUT2D eigenvalue weighted by atomic mass is 10.0. The summed E-state index contributed by atoms with van der Waals surface area (Å²) >= 11 is 1.79. The average molecular weight is 768 g/mol. The van der Waals surface area contributed by atoms with Crippen LogP contribution in [0.5, 0.6) is 0 Å². The van der Waals surface area contributed by atoms with E-state index in [0.29, 0.717) is 0 Å². The second kappa shape index (κ2) is 16.7. The molecule has 274 valence electrons. The van der Waals surface area contributed by atoms with Gasteiger partial charge >= 0.3 is 0 Å². The fourth-order valence-corrected chi connectivity index (χ4v) is 12.4. The Morgan fingerprint density at radius 3 is 1.16 bits per heavy atom. The van der Waals surface area contributed by atoms with E-state index in [4.69, 9.17) is 0 Å². The van der Waals surface area contributed by atoms with Crippen molar-refractivity contribution in [1.82, 2.24) is 4.57 Å². The van der Waals surface area contributed by atoms with Crippen LogP contribution in [0.25, 0.3) is 38.6 Å². The Morgan fingerprint density at radius 1 is 0.298 bits per heavy atom. The highest BCUT2D eigenvalue weighted by Crippen LogP contribution is 2.73. The number of nitrogens with zero attached hydrogens (tertiary/aromatic N) is 1. The minimum absolute atomic E-state index is 1.17. The van der Waals surface area contributed by atoms with Crippen LogP contribution in [0, 0.1) is 0 Å². The predicted molar refractivity (Wildman–Crippen MR) is 243 cm³/mol. The van der Waals surface area contributed by atoms with Crippen molar-refractivity contribution in [1.29, 1.82) is 0 Å². The van der Waals surface area contributed by atoms with Crippen molar-refractivity contribution >= 4 is 43.6 Å². The molecule has 10 aromatic rings. The predicted octanol–water partition coefficient (Wildman–Crippen LogP) is 15.6. The summed E-state index contributed by atoms with van der Waals surface area (Å²) in [6.07, 6.45) is 0. The number of para-hydroxylation sites is 1. The highest BCUT2D eigenvalue weighted by Gasteiger charge is 2.33. The van der Waals surface area contributed by atoms with Gasteiger partial charge in [0.15, 0.2) is 0 Å². The summed E-state index contributed by atoms with van der Waals surface area (Å²) in [5.74, 6) is 0. The number of aromatic nitrogens is 1. The Kier molecular flexibility index (Phi) is 10.6. The molecule has 0 amide bonds. The summed E-state index contributed by atoms with van der Waals surface area (Å²) in [5, 5.41) is 2.52. The Balaban J connectivity index is 0.000000276. The first kappa shape index (κ1) is 36.1. The maximum Gasteiger partial charge on any atom is 0.0541 e. The number of hydrogen-bond donors (Lipinski definition) is 0. The minimum atomic E-state index is -1.80. The van der Waals surface area contributed by atoms with Gasteiger partial charge in [-0.05, 0) is 114 Å². The zero-order chi connectivity index (χ0) is 38.3. The molecule has 1 heterocycles. The molecule has 0 atom stereocenters. The van der Waals surface area contributed by atoms with Gasteiger partial charge < -0.3 is 4.57 Å². The van der Waals surface area contributed by atoms with E-state index in [1.54, 1.807) is 11.8 Å². The van der Waals surface area contributed by atoms with E-state index in [-0.39, 0.29) is 0 Å². The Hall–Kier alpha value is -6.52. The Bertz CT molecular complexity index is 2690. The number of hydrogen-bond acceptors (Lipinski definition) is 1. The van der Waals surface area contributed by atoms with E-state index >= 15 is 0 Å². The van der Waals surface area contributed by atoms with Crippen molar-refractivity contribution in [3.05, 3.63) is 249 Å². The van der Waals surface area contributed by atoms with Gasteiger partial charge in [0.25, 0.3) is 0 Å². The van der Waals surface area contributed by atoms with Gasteiger partial charge in [0.05, 0.1) is 11.0 Å². The summed E-state index contributed by atoms with van der Waals surface area (Å²) < 4.78 is 2.41. The van der Waals surface area contributed by atoms with Crippen molar-refractivity contribution in [3.63, 3.8) is 0 Å². The molecule has 9 aromatic carbocycles. The monoisotopic (exact) mass is 767 g/mol. The lowest BCUT2D eigenvalue weighted by Gasteiger charge is -2.42. The fraction of sp³-hybridized carbons (Fsp3) is 0. The summed E-state index contributed by atoms with van der Waals surface area (Å²) in [4.78, 5) is 7.88. The topological polar surface area (TPSA) is 4.93 Å². The molecular weight excluding hydrogens is 727 g/mol. The average Bonchev–Trinajstić information content (AvgIpc) is 3.62. The molecule has 1 aromatic heterocycles. The molecule has 0 fully saturated rings. The summed E-state index contributed by atoms with van der Waals surface area (Å²) in [6.45, 7) is 0. The number of rotatable bonds is 8. The molecule has 57 heavy (non-hydrogen) atoms. The molecule has 0 saturated carbocycles. The smallest absolute Gasteiger partial charge is 0.0541 e. The van der Waals surface area contributed by atoms with Crippen LogP contribution in [0.1, 0.15) is 0 Å². The summed E-state index contributed by atoms with van der Waals surface area (Å²) in [6, 6.07) is 89.6. The lowest BCUT2D eigenvalue weighted by molar-refractivity contribution is 1.18. The van der Waals surface area contributed by atoms with Gasteiger partial charge in [0.2, 0.25) is 0 Å². The first-order chi connectivity index (χ1) is 28.3. The summed E-state index contributed by atoms with van der Waals surface area (Å²) in [7, 11) is -1.80. The maximum absolute atomic E-state index is 2.48. The van der Waals surface area contributed by atoms with Gasteiger partial charge in [-0.3, -0.25) is 0 Å². The molecule has 0 N–H and O–H groups in total. The molecule has 0 radical (unpaired) electrons. The first-order valence-corrected chi connectivity index (χ1v) is 21.7. The molecule has 0 spiro atoms. The largest absolute Gasteiger partial charge is 0.309 e. The molecule has 0 aliphatic carbocycles. The number of benzene rings is 9. The van der Waals surface area contributed by atoms with Crippen LogP contribution in [-0.2, 0) is 0 Å². The lowest BCUT2D eigenvalue weighted by Crippen LogP contribution is -2.05. The molecule has 0 bridgehead atoms. The van der Waals surface area contributed by atoms with Crippen molar-refractivity contribution in [2.24, 2.45) is 0 Å². The molecule has 0 aliphatic rings. The normalized spacial score (nSPS) is 11.5. The van der Waals surface area contributed by atoms with Gasteiger partial charge in [-0.15, -0.1) is 10.0 Å². The second-order valence-corrected chi connectivity index (χ2v) is 18.0. The zero-order valence-corrected chi connectivity index (χ0v) is 33.1. The third-order valence-corrected chi connectivity index (χ3v) is 15.1. The van der Waals surface area contributed by atoms with Gasteiger partial charge in [-0.2, -0.15) is 0 Å². The molecule has 0 saturated heterocycles. The highest BCUT2D eigenvalue weighted by atomic mass is 32.3. The third-order valence-electron chi connectivity index (χ3n) is 10.2. The quantitative estimate of drug-likeness (QED) is 0.149. The van der Waals surface area contributed by atoms with E-state index in [1.165, 1.54) is 68.0 Å². The van der Waals surface area contributed by atoms with Crippen molar-refractivity contribution in [3.8, 4) is 16.8 Å². The van der Waals surface area contributed by atoms with E-state index in [2.05, 4.69) is 241 Å². The van der Waals surface area contributed by atoms with Crippen LogP contribution >= 0.6 is 21.8 Å². The van der Waals surface area contributed by atoms with Gasteiger partial charge in [0, 0.05) is 45.8 Å². The fourth-order valence-electron chi connectivity index (χ4n) is 7.66. The van der Waals surface area contributed by atoms with Gasteiger partial charge in [0.1, 0.15) is 0 Å².